The van der Waals surface area contributed by atoms with E-state index in [9.17, 15) is 0 Å². The minimum atomic E-state index is 0.652. The number of aliphatic imine (C=N–C) groups is 1. The molecule has 24 heavy (non-hydrogen) atoms. The Balaban J connectivity index is 0.000000129. The number of fused-ring (bicyclic) bond motifs is 3. The van der Waals surface area contributed by atoms with Gasteiger partial charge in [0.05, 0.1) is 17.1 Å². The van der Waals surface area contributed by atoms with Gasteiger partial charge in [-0.2, -0.15) is 0 Å². The van der Waals surface area contributed by atoms with Crippen LogP contribution in [0.15, 0.2) is 87.6 Å². The van der Waals surface area contributed by atoms with Crippen LogP contribution in [0.25, 0.3) is 0 Å². The number of para-hydroxylation sites is 3. The highest BCUT2D eigenvalue weighted by Crippen LogP contribution is 2.43. The van der Waals surface area contributed by atoms with E-state index in [0.717, 1.165) is 11.3 Å². The van der Waals surface area contributed by atoms with E-state index in [1.54, 1.807) is 0 Å². The normalized spacial score (nSPS) is 13.2. The van der Waals surface area contributed by atoms with Crippen molar-refractivity contribution in [3.8, 4) is 0 Å². The second-order valence-corrected chi connectivity index (χ2v) is 6.48. The minimum absolute atomic E-state index is 0.652. The summed E-state index contributed by atoms with van der Waals surface area (Å²) in [7, 11) is 0. The average molecular weight is 332 g/mol. The standard InChI is InChI=1S/C12H9NS.C8H7NO/c1-3-7-11-9(5-1)13-10-6-2-4-8-12(10)14-11;1-2-4-8-7(3-1)5-10-6-9-8/h1-8,13H;1-4,6H,5H2. The quantitative estimate of drug-likeness (QED) is 0.444. The first-order valence-electron chi connectivity index (χ1n) is 7.75. The zero-order valence-electron chi connectivity index (χ0n) is 13.0. The Morgan fingerprint density at radius 2 is 1.42 bits per heavy atom. The lowest BCUT2D eigenvalue weighted by molar-refractivity contribution is 0.303. The molecule has 0 aliphatic carbocycles. The number of rotatable bonds is 0. The van der Waals surface area contributed by atoms with Gasteiger partial charge in [0.15, 0.2) is 6.40 Å². The maximum absolute atomic E-state index is 5.00. The Bertz CT molecular complexity index is 805. The molecule has 0 saturated heterocycles. The SMILES string of the molecule is C1=Nc2ccccc2CO1.c1ccc2c(c1)Nc1ccccc1S2. The molecule has 5 rings (SSSR count). The summed E-state index contributed by atoms with van der Waals surface area (Å²) in [6, 6.07) is 24.7. The number of ether oxygens (including phenoxy) is 1. The fourth-order valence-electron chi connectivity index (χ4n) is 2.56. The minimum Gasteiger partial charge on any atom is -0.478 e. The number of benzene rings is 3. The van der Waals surface area contributed by atoms with Crippen molar-refractivity contribution in [1.82, 2.24) is 0 Å². The first-order valence-corrected chi connectivity index (χ1v) is 8.57. The van der Waals surface area contributed by atoms with Gasteiger partial charge in [-0.25, -0.2) is 4.99 Å². The van der Waals surface area contributed by atoms with Gasteiger partial charge < -0.3 is 10.1 Å². The summed E-state index contributed by atoms with van der Waals surface area (Å²) in [6.07, 6.45) is 1.49. The van der Waals surface area contributed by atoms with Gasteiger partial charge in [-0.15, -0.1) is 0 Å². The maximum Gasteiger partial charge on any atom is 0.175 e. The fourth-order valence-corrected chi connectivity index (χ4v) is 3.55. The number of anilines is 2. The van der Waals surface area contributed by atoms with E-state index in [-0.39, 0.29) is 0 Å². The Morgan fingerprint density at radius 1 is 0.792 bits per heavy atom. The zero-order chi connectivity index (χ0) is 16.2. The van der Waals surface area contributed by atoms with Crippen LogP contribution < -0.4 is 5.32 Å². The summed E-state index contributed by atoms with van der Waals surface area (Å²) in [5.74, 6) is 0. The lowest BCUT2D eigenvalue weighted by atomic mass is 10.2. The van der Waals surface area contributed by atoms with Gasteiger partial charge in [0.25, 0.3) is 0 Å². The first kappa shape index (κ1) is 14.8. The van der Waals surface area contributed by atoms with Crippen LogP contribution in [0.2, 0.25) is 0 Å². The molecule has 2 heterocycles. The Labute approximate surface area is 145 Å². The molecule has 0 fully saturated rings. The van der Waals surface area contributed by atoms with Gasteiger partial charge in [0.2, 0.25) is 0 Å². The molecule has 0 spiro atoms. The molecular weight excluding hydrogens is 316 g/mol. The summed E-state index contributed by atoms with van der Waals surface area (Å²) in [4.78, 5) is 6.64. The number of nitrogens with zero attached hydrogens (tertiary/aromatic N) is 1. The molecule has 0 atom stereocenters. The predicted octanol–water partition coefficient (Wildman–Crippen LogP) is 5.77. The molecule has 0 radical (unpaired) electrons. The zero-order valence-corrected chi connectivity index (χ0v) is 13.8. The van der Waals surface area contributed by atoms with Gasteiger partial charge in [-0.1, -0.05) is 54.2 Å². The van der Waals surface area contributed by atoms with Crippen molar-refractivity contribution in [3.05, 3.63) is 78.4 Å². The van der Waals surface area contributed by atoms with Crippen LogP contribution in [0.5, 0.6) is 0 Å². The molecule has 0 unspecified atom stereocenters. The van der Waals surface area contributed by atoms with E-state index in [4.69, 9.17) is 4.74 Å². The lowest BCUT2D eigenvalue weighted by Gasteiger charge is -2.19. The van der Waals surface area contributed by atoms with Gasteiger partial charge in [0.1, 0.15) is 6.61 Å². The van der Waals surface area contributed by atoms with E-state index in [0.29, 0.717) is 6.61 Å². The van der Waals surface area contributed by atoms with E-state index in [2.05, 4.69) is 58.8 Å². The topological polar surface area (TPSA) is 33.6 Å². The average Bonchev–Trinajstić information content (AvgIpc) is 2.67. The summed E-state index contributed by atoms with van der Waals surface area (Å²) in [5, 5.41) is 3.42. The molecule has 0 amide bonds. The third kappa shape index (κ3) is 3.14. The highest BCUT2D eigenvalue weighted by Gasteiger charge is 2.13. The Kier molecular flexibility index (Phi) is 4.21. The summed E-state index contributed by atoms with van der Waals surface area (Å²) in [6.45, 7) is 0.652. The number of hydrogen-bond acceptors (Lipinski definition) is 4. The fraction of sp³-hybridized carbons (Fsp3) is 0.0500. The van der Waals surface area contributed by atoms with Crippen molar-refractivity contribution in [2.45, 2.75) is 16.4 Å². The van der Waals surface area contributed by atoms with Crippen LogP contribution >= 0.6 is 11.8 Å². The van der Waals surface area contributed by atoms with E-state index < -0.39 is 0 Å². The largest absolute Gasteiger partial charge is 0.478 e. The predicted molar refractivity (Wildman–Crippen MR) is 99.7 cm³/mol. The number of nitrogens with one attached hydrogen (secondary N) is 1. The first-order chi connectivity index (χ1) is 11.9. The molecular formula is C20H16N2OS. The molecule has 0 aromatic heterocycles. The van der Waals surface area contributed by atoms with E-state index >= 15 is 0 Å². The molecule has 3 nitrogen and oxygen atoms in total. The Hall–Kier alpha value is -2.72. The van der Waals surface area contributed by atoms with Gasteiger partial charge in [-0.3, -0.25) is 0 Å². The van der Waals surface area contributed by atoms with Crippen molar-refractivity contribution in [1.29, 1.82) is 0 Å². The monoisotopic (exact) mass is 332 g/mol. The molecule has 3 aromatic carbocycles. The van der Waals surface area contributed by atoms with Crippen LogP contribution in [0.4, 0.5) is 17.1 Å². The van der Waals surface area contributed by atoms with Crippen molar-refractivity contribution in [2.75, 3.05) is 5.32 Å². The van der Waals surface area contributed by atoms with E-state index in [1.165, 1.54) is 27.6 Å². The molecule has 0 saturated carbocycles. The van der Waals surface area contributed by atoms with Gasteiger partial charge >= 0.3 is 0 Å². The van der Waals surface area contributed by atoms with Crippen LogP contribution in [0.3, 0.4) is 0 Å². The van der Waals surface area contributed by atoms with Crippen molar-refractivity contribution >= 4 is 35.2 Å². The molecule has 1 N–H and O–H groups in total. The summed E-state index contributed by atoms with van der Waals surface area (Å²) >= 11 is 1.82. The third-order valence-corrected chi connectivity index (χ3v) is 4.91. The Morgan fingerprint density at radius 3 is 2.12 bits per heavy atom. The second-order valence-electron chi connectivity index (χ2n) is 5.39. The number of hydrogen-bond donors (Lipinski definition) is 1. The lowest BCUT2D eigenvalue weighted by Crippen LogP contribution is -1.98. The molecule has 3 aromatic rings. The van der Waals surface area contributed by atoms with Crippen LogP contribution in [-0.2, 0) is 11.3 Å². The highest BCUT2D eigenvalue weighted by atomic mass is 32.2. The van der Waals surface area contributed by atoms with Crippen LogP contribution in [0, 0.1) is 0 Å². The summed E-state index contributed by atoms with van der Waals surface area (Å²) < 4.78 is 5.00. The third-order valence-electron chi connectivity index (χ3n) is 3.76. The smallest absolute Gasteiger partial charge is 0.175 e. The van der Waals surface area contributed by atoms with Crippen molar-refractivity contribution in [3.63, 3.8) is 0 Å². The van der Waals surface area contributed by atoms with E-state index in [1.807, 2.05) is 36.0 Å². The molecule has 2 aliphatic rings. The highest BCUT2D eigenvalue weighted by molar-refractivity contribution is 7.99. The molecule has 4 heteroatoms. The molecule has 0 bridgehead atoms. The van der Waals surface area contributed by atoms with Crippen LogP contribution in [-0.4, -0.2) is 6.40 Å². The van der Waals surface area contributed by atoms with Gasteiger partial charge in [-0.05, 0) is 30.3 Å². The molecule has 118 valence electrons. The summed E-state index contributed by atoms with van der Waals surface area (Å²) in [5.41, 5.74) is 4.59. The molecule has 2 aliphatic heterocycles. The second kappa shape index (κ2) is 6.81. The maximum atomic E-state index is 5.00. The van der Waals surface area contributed by atoms with Crippen molar-refractivity contribution in [2.24, 2.45) is 4.99 Å². The van der Waals surface area contributed by atoms with Gasteiger partial charge in [0, 0.05) is 15.4 Å². The van der Waals surface area contributed by atoms with Crippen LogP contribution in [0.1, 0.15) is 5.56 Å². The van der Waals surface area contributed by atoms with Crippen molar-refractivity contribution < 1.29 is 4.74 Å².